The molecule has 0 saturated carbocycles. The minimum absolute atomic E-state index is 0.268. The van der Waals surface area contributed by atoms with Crippen LogP contribution in [0.2, 0.25) is 0 Å². The number of amides is 1. The highest BCUT2D eigenvalue weighted by molar-refractivity contribution is 6.04. The number of halogens is 2. The molecule has 0 heterocycles. The van der Waals surface area contributed by atoms with Gasteiger partial charge in [-0.3, -0.25) is 14.9 Å². The van der Waals surface area contributed by atoms with Crippen LogP contribution in [-0.4, -0.2) is 10.8 Å². The highest BCUT2D eigenvalue weighted by Gasteiger charge is 2.17. The Morgan fingerprint density at radius 3 is 2.43 bits per heavy atom. The quantitative estimate of drug-likeness (QED) is 0.695. The molecule has 0 atom stereocenters. The summed E-state index contributed by atoms with van der Waals surface area (Å²) in [5, 5.41) is 13.0. The van der Waals surface area contributed by atoms with E-state index in [-0.39, 0.29) is 5.69 Å². The number of anilines is 1. The molecule has 0 aliphatic heterocycles. The summed E-state index contributed by atoms with van der Waals surface area (Å²) in [5.41, 5.74) is -0.264. The molecule has 0 saturated heterocycles. The summed E-state index contributed by atoms with van der Waals surface area (Å²) < 4.78 is 26.7. The predicted molar refractivity (Wildman–Crippen MR) is 72.1 cm³/mol. The van der Waals surface area contributed by atoms with E-state index in [2.05, 4.69) is 5.32 Å². The van der Waals surface area contributed by atoms with Gasteiger partial charge in [-0.05, 0) is 36.8 Å². The Kier molecular flexibility index (Phi) is 3.93. The van der Waals surface area contributed by atoms with Gasteiger partial charge in [-0.25, -0.2) is 8.78 Å². The number of carbonyl (C=O) groups excluding carboxylic acids is 1. The zero-order valence-electron chi connectivity index (χ0n) is 10.9. The second kappa shape index (κ2) is 5.66. The lowest BCUT2D eigenvalue weighted by Gasteiger charge is -2.07. The van der Waals surface area contributed by atoms with Crippen LogP contribution in [0.15, 0.2) is 36.4 Å². The molecule has 108 valence electrons. The molecule has 21 heavy (non-hydrogen) atoms. The first-order valence-corrected chi connectivity index (χ1v) is 5.90. The van der Waals surface area contributed by atoms with Crippen LogP contribution in [0, 0.1) is 28.7 Å². The summed E-state index contributed by atoms with van der Waals surface area (Å²) in [5.74, 6) is -2.16. The van der Waals surface area contributed by atoms with Gasteiger partial charge >= 0.3 is 0 Å². The molecule has 0 spiro atoms. The minimum atomic E-state index is -0.878. The third-order valence-corrected chi connectivity index (χ3v) is 2.82. The summed E-state index contributed by atoms with van der Waals surface area (Å²) >= 11 is 0. The first kappa shape index (κ1) is 14.6. The summed E-state index contributed by atoms with van der Waals surface area (Å²) in [7, 11) is 0. The van der Waals surface area contributed by atoms with Crippen LogP contribution in [0.5, 0.6) is 0 Å². The molecular weight excluding hydrogens is 282 g/mol. The van der Waals surface area contributed by atoms with Crippen LogP contribution in [0.25, 0.3) is 0 Å². The average Bonchev–Trinajstić information content (AvgIpc) is 2.43. The van der Waals surface area contributed by atoms with Gasteiger partial charge in [0.15, 0.2) is 0 Å². The molecule has 0 aromatic heterocycles. The molecule has 2 rings (SSSR count). The monoisotopic (exact) mass is 292 g/mol. The molecule has 0 radical (unpaired) electrons. The van der Waals surface area contributed by atoms with Crippen LogP contribution in [-0.2, 0) is 0 Å². The van der Waals surface area contributed by atoms with E-state index >= 15 is 0 Å². The van der Waals surface area contributed by atoms with Gasteiger partial charge < -0.3 is 5.32 Å². The van der Waals surface area contributed by atoms with E-state index in [4.69, 9.17) is 0 Å². The maximum atomic E-state index is 13.6. The molecule has 2 aromatic rings. The topological polar surface area (TPSA) is 72.2 Å². The lowest BCUT2D eigenvalue weighted by atomic mass is 10.1. The molecule has 0 fully saturated rings. The molecule has 1 N–H and O–H groups in total. The molecule has 1 amide bonds. The molecule has 0 aliphatic rings. The van der Waals surface area contributed by atoms with Crippen molar-refractivity contribution >= 4 is 17.3 Å². The van der Waals surface area contributed by atoms with Crippen molar-refractivity contribution in [3.05, 3.63) is 69.3 Å². The fraction of sp³-hybridized carbons (Fsp3) is 0.0714. The molecule has 0 aliphatic carbocycles. The summed E-state index contributed by atoms with van der Waals surface area (Å²) in [6.07, 6.45) is 0. The van der Waals surface area contributed by atoms with Gasteiger partial charge in [0.2, 0.25) is 0 Å². The van der Waals surface area contributed by atoms with Crippen LogP contribution in [0.4, 0.5) is 20.2 Å². The van der Waals surface area contributed by atoms with Gasteiger partial charge in [0.1, 0.15) is 11.6 Å². The maximum Gasteiger partial charge on any atom is 0.270 e. The Morgan fingerprint density at radius 2 is 1.81 bits per heavy atom. The van der Waals surface area contributed by atoms with Crippen LogP contribution < -0.4 is 5.32 Å². The minimum Gasteiger partial charge on any atom is -0.322 e. The lowest BCUT2D eigenvalue weighted by Crippen LogP contribution is -2.14. The number of nitrogens with one attached hydrogen (secondary N) is 1. The molecule has 0 bridgehead atoms. The first-order valence-electron chi connectivity index (χ1n) is 5.90. The van der Waals surface area contributed by atoms with Crippen molar-refractivity contribution in [2.75, 3.05) is 5.32 Å². The fourth-order valence-corrected chi connectivity index (χ4v) is 1.72. The molecule has 0 unspecified atom stereocenters. The van der Waals surface area contributed by atoms with E-state index in [1.165, 1.54) is 19.1 Å². The number of nitro benzene ring substituents is 1. The van der Waals surface area contributed by atoms with Crippen molar-refractivity contribution in [1.82, 2.24) is 0 Å². The molecule has 5 nitrogen and oxygen atoms in total. The van der Waals surface area contributed by atoms with Crippen LogP contribution in [0.1, 0.15) is 15.9 Å². The smallest absolute Gasteiger partial charge is 0.270 e. The third kappa shape index (κ3) is 3.19. The van der Waals surface area contributed by atoms with Crippen molar-refractivity contribution in [2.45, 2.75) is 6.92 Å². The van der Waals surface area contributed by atoms with Gasteiger partial charge in [-0.2, -0.15) is 0 Å². The van der Waals surface area contributed by atoms with Crippen molar-refractivity contribution in [3.8, 4) is 0 Å². The average molecular weight is 292 g/mol. The Balaban J connectivity index is 2.29. The number of non-ortho nitro benzene ring substituents is 1. The van der Waals surface area contributed by atoms with E-state index in [1.807, 2.05) is 0 Å². The summed E-state index contributed by atoms with van der Waals surface area (Å²) in [4.78, 5) is 21.9. The fourth-order valence-electron chi connectivity index (χ4n) is 1.72. The van der Waals surface area contributed by atoms with Gasteiger partial charge in [-0.1, -0.05) is 0 Å². The number of hydrogen-bond acceptors (Lipinski definition) is 3. The second-order valence-electron chi connectivity index (χ2n) is 4.34. The van der Waals surface area contributed by atoms with E-state index < -0.39 is 33.7 Å². The highest BCUT2D eigenvalue weighted by Crippen LogP contribution is 2.19. The Labute approximate surface area is 118 Å². The van der Waals surface area contributed by atoms with E-state index in [0.717, 1.165) is 24.3 Å². The predicted octanol–water partition coefficient (Wildman–Crippen LogP) is 3.43. The Morgan fingerprint density at radius 1 is 1.14 bits per heavy atom. The zero-order valence-corrected chi connectivity index (χ0v) is 10.9. The Hall–Kier alpha value is -2.83. The summed E-state index contributed by atoms with van der Waals surface area (Å²) in [6.45, 7) is 1.51. The molecule has 7 heteroatoms. The number of rotatable bonds is 3. The second-order valence-corrected chi connectivity index (χ2v) is 4.34. The number of nitro groups is 1. The van der Waals surface area contributed by atoms with Gasteiger partial charge in [0.05, 0.1) is 10.5 Å². The Bertz CT molecular complexity index is 732. The number of aryl methyl sites for hydroxylation is 1. The SMILES string of the molecule is Cc1cc(NC(=O)c2cc([N+](=O)[O-])ccc2F)ccc1F. The number of carbonyl (C=O) groups is 1. The largest absolute Gasteiger partial charge is 0.322 e. The number of nitrogens with zero attached hydrogens (tertiary/aromatic N) is 1. The van der Waals surface area contributed by atoms with E-state index in [0.29, 0.717) is 5.56 Å². The number of benzene rings is 2. The lowest BCUT2D eigenvalue weighted by molar-refractivity contribution is -0.384. The van der Waals surface area contributed by atoms with Gasteiger partial charge in [0, 0.05) is 17.8 Å². The molecule has 2 aromatic carbocycles. The number of hydrogen-bond donors (Lipinski definition) is 1. The van der Waals surface area contributed by atoms with Crippen LogP contribution in [0.3, 0.4) is 0 Å². The van der Waals surface area contributed by atoms with Crippen molar-refractivity contribution in [2.24, 2.45) is 0 Å². The third-order valence-electron chi connectivity index (χ3n) is 2.82. The van der Waals surface area contributed by atoms with Crippen molar-refractivity contribution in [3.63, 3.8) is 0 Å². The highest BCUT2D eigenvalue weighted by atomic mass is 19.1. The van der Waals surface area contributed by atoms with Gasteiger partial charge in [-0.15, -0.1) is 0 Å². The first-order chi connectivity index (χ1) is 9.88. The molecular formula is C14H10F2N2O3. The van der Waals surface area contributed by atoms with E-state index in [9.17, 15) is 23.7 Å². The van der Waals surface area contributed by atoms with Crippen molar-refractivity contribution in [1.29, 1.82) is 0 Å². The summed E-state index contributed by atoms with van der Waals surface area (Å²) in [6, 6.07) is 6.52. The van der Waals surface area contributed by atoms with Crippen LogP contribution >= 0.6 is 0 Å². The van der Waals surface area contributed by atoms with Crippen molar-refractivity contribution < 1.29 is 18.5 Å². The normalized spacial score (nSPS) is 10.2. The van der Waals surface area contributed by atoms with Gasteiger partial charge in [0.25, 0.3) is 11.6 Å². The van der Waals surface area contributed by atoms with E-state index in [1.54, 1.807) is 0 Å². The zero-order chi connectivity index (χ0) is 15.6. The maximum absolute atomic E-state index is 13.6. The standard InChI is InChI=1S/C14H10F2N2O3/c1-8-6-9(2-4-12(8)15)17-14(19)11-7-10(18(20)21)3-5-13(11)16/h2-7H,1H3,(H,17,19).